The second kappa shape index (κ2) is 8.73. The highest BCUT2D eigenvalue weighted by molar-refractivity contribution is 6.09. The first-order valence-corrected chi connectivity index (χ1v) is 10.3. The summed E-state index contributed by atoms with van der Waals surface area (Å²) >= 11 is 0. The molecule has 7 heteroatoms. The first-order valence-electron chi connectivity index (χ1n) is 10.3. The Morgan fingerprint density at radius 3 is 2.67 bits per heavy atom. The molecule has 30 heavy (non-hydrogen) atoms. The van der Waals surface area contributed by atoms with Gasteiger partial charge >= 0.3 is 0 Å². The van der Waals surface area contributed by atoms with Gasteiger partial charge in [-0.3, -0.25) is 14.0 Å². The number of ketones is 1. The molecule has 0 bridgehead atoms. The van der Waals surface area contributed by atoms with Crippen molar-refractivity contribution in [2.24, 2.45) is 5.92 Å². The lowest BCUT2D eigenvalue weighted by molar-refractivity contribution is 0.0947. The number of carbonyl (C=O) groups excluding carboxylic acids is 2. The fourth-order valence-corrected chi connectivity index (χ4v) is 4.07. The first-order chi connectivity index (χ1) is 14.5. The SMILES string of the molecule is O=C(NCCC1CCCCC1)c1ccc(C(=O)c2cnc3ccc(F)cn23)c(F)c1. The minimum absolute atomic E-state index is 0.0492. The average molecular weight is 411 g/mol. The zero-order chi connectivity index (χ0) is 21.1. The number of pyridine rings is 1. The fraction of sp³-hybridized carbons (Fsp3) is 0.348. The van der Waals surface area contributed by atoms with E-state index in [1.54, 1.807) is 0 Å². The number of carbonyl (C=O) groups is 2. The third kappa shape index (κ3) is 4.25. The third-order valence-electron chi connectivity index (χ3n) is 5.74. The highest BCUT2D eigenvalue weighted by Gasteiger charge is 2.20. The maximum atomic E-state index is 14.6. The van der Waals surface area contributed by atoms with Crippen LogP contribution in [0.5, 0.6) is 0 Å². The number of rotatable bonds is 6. The van der Waals surface area contributed by atoms with E-state index in [-0.39, 0.29) is 22.7 Å². The van der Waals surface area contributed by atoms with Gasteiger partial charge in [-0.05, 0) is 42.7 Å². The molecular formula is C23H23F2N3O2. The zero-order valence-electron chi connectivity index (χ0n) is 16.5. The summed E-state index contributed by atoms with van der Waals surface area (Å²) < 4.78 is 29.4. The van der Waals surface area contributed by atoms with Gasteiger partial charge in [-0.25, -0.2) is 13.8 Å². The molecule has 0 atom stereocenters. The standard InChI is InChI=1S/C23H23F2N3O2/c24-17-7-9-21-27-13-20(28(21)14-17)22(29)18-8-6-16(12-19(18)25)23(30)26-11-10-15-4-2-1-3-5-15/h6-9,12-15H,1-5,10-11H2,(H,26,30). The van der Waals surface area contributed by atoms with Gasteiger partial charge in [0.2, 0.25) is 5.78 Å². The van der Waals surface area contributed by atoms with E-state index >= 15 is 0 Å². The van der Waals surface area contributed by atoms with Gasteiger partial charge in [-0.2, -0.15) is 0 Å². The second-order valence-corrected chi connectivity index (χ2v) is 7.79. The molecule has 156 valence electrons. The third-order valence-corrected chi connectivity index (χ3v) is 5.74. The van der Waals surface area contributed by atoms with Gasteiger partial charge in [0.25, 0.3) is 5.91 Å². The highest BCUT2D eigenvalue weighted by Crippen LogP contribution is 2.25. The van der Waals surface area contributed by atoms with Crippen molar-refractivity contribution >= 4 is 17.3 Å². The molecule has 3 aromatic rings. The van der Waals surface area contributed by atoms with Crippen LogP contribution in [0.2, 0.25) is 0 Å². The number of hydrogen-bond donors (Lipinski definition) is 1. The summed E-state index contributed by atoms with van der Waals surface area (Å²) in [7, 11) is 0. The Hall–Kier alpha value is -3.09. The normalized spacial score (nSPS) is 14.7. The molecule has 1 aliphatic rings. The Balaban J connectivity index is 1.45. The minimum atomic E-state index is -0.800. The van der Waals surface area contributed by atoms with Crippen LogP contribution >= 0.6 is 0 Å². The molecule has 1 amide bonds. The predicted molar refractivity (Wildman–Crippen MR) is 109 cm³/mol. The summed E-state index contributed by atoms with van der Waals surface area (Å²) in [6, 6.07) is 6.44. The molecule has 2 heterocycles. The molecule has 2 aromatic heterocycles. The second-order valence-electron chi connectivity index (χ2n) is 7.79. The van der Waals surface area contributed by atoms with E-state index in [2.05, 4.69) is 10.3 Å². The summed E-state index contributed by atoms with van der Waals surface area (Å²) in [4.78, 5) is 29.1. The maximum Gasteiger partial charge on any atom is 0.251 e. The Morgan fingerprint density at radius 1 is 1.10 bits per heavy atom. The van der Waals surface area contributed by atoms with E-state index in [1.165, 1.54) is 67.0 Å². The Kier molecular flexibility index (Phi) is 5.88. The number of imidazole rings is 1. The molecule has 1 aliphatic carbocycles. The monoisotopic (exact) mass is 411 g/mol. The molecule has 5 nitrogen and oxygen atoms in total. The van der Waals surface area contributed by atoms with Crippen LogP contribution in [0.25, 0.3) is 5.65 Å². The summed E-state index contributed by atoms with van der Waals surface area (Å²) in [5.41, 5.74) is 0.402. The zero-order valence-corrected chi connectivity index (χ0v) is 16.5. The predicted octanol–water partition coefficient (Wildman–Crippen LogP) is 4.54. The first kappa shape index (κ1) is 20.2. The topological polar surface area (TPSA) is 63.5 Å². The van der Waals surface area contributed by atoms with E-state index in [9.17, 15) is 18.4 Å². The molecule has 1 saturated carbocycles. The van der Waals surface area contributed by atoms with E-state index in [0.717, 1.165) is 18.7 Å². The summed E-state index contributed by atoms with van der Waals surface area (Å²) in [5.74, 6) is -1.68. The molecule has 0 radical (unpaired) electrons. The van der Waals surface area contributed by atoms with Crippen LogP contribution < -0.4 is 5.32 Å². The fourth-order valence-electron chi connectivity index (χ4n) is 4.07. The molecule has 0 saturated heterocycles. The van der Waals surface area contributed by atoms with Crippen LogP contribution in [0.3, 0.4) is 0 Å². The van der Waals surface area contributed by atoms with Crippen molar-refractivity contribution in [3.63, 3.8) is 0 Å². The minimum Gasteiger partial charge on any atom is -0.352 e. The maximum absolute atomic E-state index is 14.6. The van der Waals surface area contributed by atoms with E-state index in [0.29, 0.717) is 18.1 Å². The summed E-state index contributed by atoms with van der Waals surface area (Å²) in [5, 5.41) is 2.83. The van der Waals surface area contributed by atoms with Crippen molar-refractivity contribution in [3.8, 4) is 0 Å². The van der Waals surface area contributed by atoms with Gasteiger partial charge in [0.05, 0.1) is 11.8 Å². The lowest BCUT2D eigenvalue weighted by Crippen LogP contribution is -2.26. The van der Waals surface area contributed by atoms with E-state index in [1.807, 2.05) is 0 Å². The van der Waals surface area contributed by atoms with Crippen molar-refractivity contribution in [2.75, 3.05) is 6.54 Å². The van der Waals surface area contributed by atoms with Crippen molar-refractivity contribution in [1.82, 2.24) is 14.7 Å². The van der Waals surface area contributed by atoms with Gasteiger partial charge in [-0.15, -0.1) is 0 Å². The average Bonchev–Trinajstić information content (AvgIpc) is 3.17. The van der Waals surface area contributed by atoms with Gasteiger partial charge in [0, 0.05) is 18.3 Å². The van der Waals surface area contributed by atoms with Gasteiger partial charge in [-0.1, -0.05) is 32.1 Å². The highest BCUT2D eigenvalue weighted by atomic mass is 19.1. The van der Waals surface area contributed by atoms with E-state index in [4.69, 9.17) is 0 Å². The Bertz CT molecular complexity index is 1090. The smallest absolute Gasteiger partial charge is 0.251 e. The van der Waals surface area contributed by atoms with Crippen LogP contribution in [-0.2, 0) is 0 Å². The lowest BCUT2D eigenvalue weighted by atomic mass is 9.87. The molecule has 1 fully saturated rings. The molecular weight excluding hydrogens is 388 g/mol. The summed E-state index contributed by atoms with van der Waals surface area (Å²) in [6.07, 6.45) is 9.52. The molecule has 1 aromatic carbocycles. The van der Waals surface area contributed by atoms with Crippen molar-refractivity contribution < 1.29 is 18.4 Å². The van der Waals surface area contributed by atoms with Gasteiger partial charge < -0.3 is 5.32 Å². The molecule has 4 rings (SSSR count). The van der Waals surface area contributed by atoms with Crippen LogP contribution in [0.4, 0.5) is 8.78 Å². The quantitative estimate of drug-likeness (QED) is 0.606. The molecule has 0 unspecified atom stereocenters. The number of fused-ring (bicyclic) bond motifs is 1. The van der Waals surface area contributed by atoms with Crippen LogP contribution in [0.15, 0.2) is 42.7 Å². The summed E-state index contributed by atoms with van der Waals surface area (Å²) in [6.45, 7) is 0.555. The van der Waals surface area contributed by atoms with Crippen molar-refractivity contribution in [3.05, 3.63) is 71.2 Å². The van der Waals surface area contributed by atoms with Crippen molar-refractivity contribution in [2.45, 2.75) is 38.5 Å². The lowest BCUT2D eigenvalue weighted by Gasteiger charge is -2.21. The van der Waals surface area contributed by atoms with Gasteiger partial charge in [0.1, 0.15) is 23.0 Å². The van der Waals surface area contributed by atoms with Crippen molar-refractivity contribution in [1.29, 1.82) is 0 Å². The Labute approximate surface area is 173 Å². The van der Waals surface area contributed by atoms with Crippen LogP contribution in [-0.4, -0.2) is 27.6 Å². The number of benzene rings is 1. The molecule has 0 aliphatic heterocycles. The number of nitrogens with zero attached hydrogens (tertiary/aromatic N) is 2. The molecule has 0 spiro atoms. The number of hydrogen-bond acceptors (Lipinski definition) is 3. The Morgan fingerprint density at radius 2 is 1.90 bits per heavy atom. The number of amides is 1. The number of nitrogens with one attached hydrogen (secondary N) is 1. The molecule has 1 N–H and O–H groups in total. The number of halogens is 2. The largest absolute Gasteiger partial charge is 0.352 e. The van der Waals surface area contributed by atoms with Crippen LogP contribution in [0, 0.1) is 17.6 Å². The van der Waals surface area contributed by atoms with Crippen LogP contribution in [0.1, 0.15) is 64.9 Å². The number of aromatic nitrogens is 2. The van der Waals surface area contributed by atoms with Gasteiger partial charge in [0.15, 0.2) is 0 Å². The van der Waals surface area contributed by atoms with E-state index < -0.39 is 17.4 Å².